The molecule has 0 aliphatic carbocycles. The molecule has 0 spiro atoms. The summed E-state index contributed by atoms with van der Waals surface area (Å²) in [6.07, 6.45) is 0.969. The fraction of sp³-hybridized carbons (Fsp3) is 0.364. The molecule has 0 bridgehead atoms. The van der Waals surface area contributed by atoms with Gasteiger partial charge in [0.2, 0.25) is 5.91 Å². The van der Waals surface area contributed by atoms with Gasteiger partial charge in [0.25, 0.3) is 0 Å². The molecule has 0 aromatic heterocycles. The van der Waals surface area contributed by atoms with Gasteiger partial charge in [-0.15, -0.1) is 0 Å². The number of hydrogen-bond donors (Lipinski definition) is 3. The van der Waals surface area contributed by atoms with Crippen molar-refractivity contribution in [1.29, 1.82) is 0 Å². The van der Waals surface area contributed by atoms with Gasteiger partial charge in [0.15, 0.2) is 5.96 Å². The first-order valence-corrected chi connectivity index (χ1v) is 10.1. The SMILES string of the molecule is CN=C(NCCNC(=O)Cc1ccc(F)cc1)NC1CCN(c2ccc(F)cc2F)C1. The van der Waals surface area contributed by atoms with E-state index in [0.29, 0.717) is 37.8 Å². The third kappa shape index (κ3) is 6.63. The predicted molar refractivity (Wildman–Crippen MR) is 115 cm³/mol. The fourth-order valence-corrected chi connectivity index (χ4v) is 3.46. The van der Waals surface area contributed by atoms with Crippen molar-refractivity contribution in [1.82, 2.24) is 16.0 Å². The average molecular weight is 433 g/mol. The van der Waals surface area contributed by atoms with Crippen LogP contribution in [0.2, 0.25) is 0 Å². The van der Waals surface area contributed by atoms with E-state index in [2.05, 4.69) is 20.9 Å². The molecule has 6 nitrogen and oxygen atoms in total. The van der Waals surface area contributed by atoms with E-state index < -0.39 is 11.6 Å². The monoisotopic (exact) mass is 433 g/mol. The van der Waals surface area contributed by atoms with Crippen LogP contribution in [0.15, 0.2) is 47.5 Å². The average Bonchev–Trinajstić information content (AvgIpc) is 3.20. The second-order valence-corrected chi connectivity index (χ2v) is 7.32. The van der Waals surface area contributed by atoms with Crippen LogP contribution in [0.4, 0.5) is 18.9 Å². The lowest BCUT2D eigenvalue weighted by Gasteiger charge is -2.21. The molecule has 1 saturated heterocycles. The predicted octanol–water partition coefficient (Wildman–Crippen LogP) is 2.21. The van der Waals surface area contributed by atoms with E-state index in [9.17, 15) is 18.0 Å². The van der Waals surface area contributed by atoms with Gasteiger partial charge in [-0.3, -0.25) is 9.79 Å². The largest absolute Gasteiger partial charge is 0.367 e. The van der Waals surface area contributed by atoms with E-state index in [1.165, 1.54) is 24.3 Å². The van der Waals surface area contributed by atoms with Crippen LogP contribution in [0.1, 0.15) is 12.0 Å². The third-order valence-corrected chi connectivity index (χ3v) is 5.02. The van der Waals surface area contributed by atoms with Gasteiger partial charge < -0.3 is 20.9 Å². The number of guanidine groups is 1. The van der Waals surface area contributed by atoms with Crippen LogP contribution < -0.4 is 20.9 Å². The number of aliphatic imine (C=N–C) groups is 1. The van der Waals surface area contributed by atoms with Crippen LogP contribution in [0, 0.1) is 17.5 Å². The van der Waals surface area contributed by atoms with Crippen LogP contribution in [-0.2, 0) is 11.2 Å². The summed E-state index contributed by atoms with van der Waals surface area (Å²) in [4.78, 5) is 18.0. The molecule has 31 heavy (non-hydrogen) atoms. The second kappa shape index (κ2) is 10.7. The first-order chi connectivity index (χ1) is 14.9. The Balaban J connectivity index is 1.38. The maximum atomic E-state index is 14.0. The van der Waals surface area contributed by atoms with Crippen molar-refractivity contribution in [3.63, 3.8) is 0 Å². The van der Waals surface area contributed by atoms with Crippen LogP contribution in [0.5, 0.6) is 0 Å². The van der Waals surface area contributed by atoms with Gasteiger partial charge in [0.1, 0.15) is 17.5 Å². The zero-order chi connectivity index (χ0) is 22.2. The van der Waals surface area contributed by atoms with Gasteiger partial charge >= 0.3 is 0 Å². The normalized spacial score (nSPS) is 16.3. The van der Waals surface area contributed by atoms with Crippen molar-refractivity contribution in [2.45, 2.75) is 18.9 Å². The molecule has 1 heterocycles. The Morgan fingerprint density at radius 1 is 1.06 bits per heavy atom. The number of nitrogens with zero attached hydrogens (tertiary/aromatic N) is 2. The summed E-state index contributed by atoms with van der Waals surface area (Å²) in [6.45, 7) is 2.09. The maximum absolute atomic E-state index is 14.0. The molecule has 0 radical (unpaired) electrons. The first kappa shape index (κ1) is 22.5. The number of hydrogen-bond acceptors (Lipinski definition) is 3. The highest BCUT2D eigenvalue weighted by atomic mass is 19.1. The van der Waals surface area contributed by atoms with Gasteiger partial charge in [0.05, 0.1) is 12.1 Å². The van der Waals surface area contributed by atoms with E-state index in [1.807, 2.05) is 4.90 Å². The Labute approximate surface area is 179 Å². The standard InChI is InChI=1S/C22H26F3N5O/c1-26-22(28-10-9-27-21(31)12-15-2-4-16(23)5-3-15)29-18-8-11-30(14-18)20-7-6-17(24)13-19(20)25/h2-7,13,18H,8-12,14H2,1H3,(H,27,31)(H2,26,28,29). The van der Waals surface area contributed by atoms with Crippen LogP contribution >= 0.6 is 0 Å². The van der Waals surface area contributed by atoms with Crippen LogP contribution in [0.25, 0.3) is 0 Å². The molecular weight excluding hydrogens is 407 g/mol. The fourth-order valence-electron chi connectivity index (χ4n) is 3.46. The highest BCUT2D eigenvalue weighted by Gasteiger charge is 2.25. The van der Waals surface area contributed by atoms with Crippen molar-refractivity contribution in [3.8, 4) is 0 Å². The Morgan fingerprint density at radius 2 is 1.77 bits per heavy atom. The second-order valence-electron chi connectivity index (χ2n) is 7.32. The molecule has 1 amide bonds. The number of anilines is 1. The Kier molecular flexibility index (Phi) is 7.75. The van der Waals surface area contributed by atoms with E-state index in [1.54, 1.807) is 19.2 Å². The van der Waals surface area contributed by atoms with Gasteiger partial charge in [-0.2, -0.15) is 0 Å². The van der Waals surface area contributed by atoms with Gasteiger partial charge in [-0.05, 0) is 36.2 Å². The molecule has 2 aromatic carbocycles. The molecule has 3 rings (SSSR count). The van der Waals surface area contributed by atoms with Gasteiger partial charge in [-0.1, -0.05) is 12.1 Å². The number of amides is 1. The third-order valence-electron chi connectivity index (χ3n) is 5.02. The molecule has 3 N–H and O–H groups in total. The first-order valence-electron chi connectivity index (χ1n) is 10.1. The zero-order valence-corrected chi connectivity index (χ0v) is 17.3. The molecule has 1 aliphatic rings. The number of carbonyl (C=O) groups excluding carboxylic acids is 1. The summed E-state index contributed by atoms with van der Waals surface area (Å²) >= 11 is 0. The molecule has 9 heteroatoms. The molecule has 1 aliphatic heterocycles. The molecule has 1 atom stereocenters. The van der Waals surface area contributed by atoms with Crippen molar-refractivity contribution in [2.75, 3.05) is 38.1 Å². The zero-order valence-electron chi connectivity index (χ0n) is 17.3. The minimum absolute atomic E-state index is 0.0590. The lowest BCUT2D eigenvalue weighted by Crippen LogP contribution is -2.46. The summed E-state index contributed by atoms with van der Waals surface area (Å²) in [5, 5.41) is 9.21. The Bertz CT molecular complexity index is 920. The lowest BCUT2D eigenvalue weighted by atomic mass is 10.1. The van der Waals surface area contributed by atoms with Crippen molar-refractivity contribution < 1.29 is 18.0 Å². The summed E-state index contributed by atoms with van der Waals surface area (Å²) in [5.74, 6) is -1.06. The van der Waals surface area contributed by atoms with Crippen molar-refractivity contribution in [2.24, 2.45) is 4.99 Å². The van der Waals surface area contributed by atoms with E-state index in [4.69, 9.17) is 0 Å². The molecule has 2 aromatic rings. The van der Waals surface area contributed by atoms with Crippen LogP contribution in [0.3, 0.4) is 0 Å². The quantitative estimate of drug-likeness (QED) is 0.356. The molecule has 1 fully saturated rings. The topological polar surface area (TPSA) is 68.8 Å². The van der Waals surface area contributed by atoms with Crippen LogP contribution in [-0.4, -0.2) is 51.1 Å². The van der Waals surface area contributed by atoms with E-state index in [0.717, 1.165) is 18.1 Å². The van der Waals surface area contributed by atoms with Gasteiger partial charge in [-0.25, -0.2) is 13.2 Å². The number of benzene rings is 2. The minimum atomic E-state index is -0.593. The van der Waals surface area contributed by atoms with Crippen molar-refractivity contribution in [3.05, 3.63) is 65.5 Å². The number of rotatable bonds is 7. The minimum Gasteiger partial charge on any atom is -0.367 e. The van der Waals surface area contributed by atoms with Crippen molar-refractivity contribution >= 4 is 17.6 Å². The molecule has 0 saturated carbocycles. The maximum Gasteiger partial charge on any atom is 0.224 e. The highest BCUT2D eigenvalue weighted by Crippen LogP contribution is 2.24. The Morgan fingerprint density at radius 3 is 2.48 bits per heavy atom. The van der Waals surface area contributed by atoms with Gasteiger partial charge in [0, 0.05) is 45.3 Å². The molecular formula is C22H26F3N5O. The summed E-state index contributed by atoms with van der Waals surface area (Å²) in [6, 6.07) is 9.48. The number of halogens is 3. The summed E-state index contributed by atoms with van der Waals surface area (Å²) in [7, 11) is 1.65. The molecule has 166 valence electrons. The van der Waals surface area contributed by atoms with E-state index >= 15 is 0 Å². The molecule has 1 unspecified atom stereocenters. The van der Waals surface area contributed by atoms with E-state index in [-0.39, 0.29) is 24.2 Å². The number of nitrogens with one attached hydrogen (secondary N) is 3. The smallest absolute Gasteiger partial charge is 0.224 e. The Hall–Kier alpha value is -3.23. The highest BCUT2D eigenvalue weighted by molar-refractivity contribution is 5.80. The lowest BCUT2D eigenvalue weighted by molar-refractivity contribution is -0.120. The number of carbonyl (C=O) groups is 1. The summed E-state index contributed by atoms with van der Waals surface area (Å²) in [5.41, 5.74) is 1.13. The summed E-state index contributed by atoms with van der Waals surface area (Å²) < 4.78 is 40.0.